The number of carbonyl (C=O) groups excluding carboxylic acids is 2. The topological polar surface area (TPSA) is 96.0 Å². The molecule has 9 heteroatoms. The van der Waals surface area contributed by atoms with Crippen LogP contribution in [0.5, 0.6) is 5.75 Å². The Morgan fingerprint density at radius 1 is 1.12 bits per heavy atom. The number of nitrogens with zero attached hydrogens (tertiary/aromatic N) is 2. The van der Waals surface area contributed by atoms with Gasteiger partial charge in [-0.2, -0.15) is 0 Å². The molecule has 0 aromatic heterocycles. The minimum Gasteiger partial charge on any atom is -0.497 e. The van der Waals surface area contributed by atoms with Crippen molar-refractivity contribution in [2.45, 2.75) is 46.7 Å². The van der Waals surface area contributed by atoms with Gasteiger partial charge in [0.15, 0.2) is 0 Å². The number of rotatable bonds is 11. The number of hydrogen-bond acceptors (Lipinski definition) is 5. The van der Waals surface area contributed by atoms with E-state index < -0.39 is 28.5 Å². The number of sulfonamides is 1. The first-order chi connectivity index (χ1) is 16.0. The average Bonchev–Trinajstić information content (AvgIpc) is 2.78. The normalized spacial score (nSPS) is 12.1. The summed E-state index contributed by atoms with van der Waals surface area (Å²) in [5.41, 5.74) is 2.93. The molecule has 0 spiro atoms. The minimum atomic E-state index is -3.76. The van der Waals surface area contributed by atoms with Crippen molar-refractivity contribution in [1.82, 2.24) is 10.2 Å². The third kappa shape index (κ3) is 7.21. The van der Waals surface area contributed by atoms with E-state index >= 15 is 0 Å². The fourth-order valence-corrected chi connectivity index (χ4v) is 4.53. The molecule has 1 N–H and O–H groups in total. The molecule has 1 unspecified atom stereocenters. The first-order valence-corrected chi connectivity index (χ1v) is 13.1. The Morgan fingerprint density at radius 3 is 2.41 bits per heavy atom. The van der Waals surface area contributed by atoms with E-state index in [2.05, 4.69) is 5.32 Å². The van der Waals surface area contributed by atoms with Gasteiger partial charge in [0, 0.05) is 13.1 Å². The summed E-state index contributed by atoms with van der Waals surface area (Å²) in [5, 5.41) is 2.82. The third-order valence-electron chi connectivity index (χ3n) is 5.50. The zero-order chi connectivity index (χ0) is 25.5. The Labute approximate surface area is 202 Å². The SMILES string of the molecule is CCCNC(=O)C(C)N(Cc1cccc(OC)c1)C(=O)CN(c1ccc(C)cc1C)S(C)(=O)=O. The van der Waals surface area contributed by atoms with Crippen molar-refractivity contribution in [2.75, 3.05) is 30.8 Å². The van der Waals surface area contributed by atoms with Gasteiger partial charge in [0.1, 0.15) is 18.3 Å². The number of ether oxygens (including phenoxy) is 1. The van der Waals surface area contributed by atoms with Crippen molar-refractivity contribution in [1.29, 1.82) is 0 Å². The largest absolute Gasteiger partial charge is 0.497 e. The van der Waals surface area contributed by atoms with Crippen LogP contribution in [0.25, 0.3) is 0 Å². The standard InChI is InChI=1S/C25H35N3O5S/c1-7-13-26-25(30)20(4)27(16-21-9-8-10-22(15-21)33-5)24(29)17-28(34(6,31)32)23-12-11-18(2)14-19(23)3/h8-12,14-15,20H,7,13,16-17H2,1-6H3,(H,26,30). The van der Waals surface area contributed by atoms with Gasteiger partial charge in [0.2, 0.25) is 21.8 Å². The van der Waals surface area contributed by atoms with E-state index in [1.807, 2.05) is 26.0 Å². The first-order valence-electron chi connectivity index (χ1n) is 11.2. The molecule has 186 valence electrons. The number of benzene rings is 2. The molecule has 0 saturated carbocycles. The Morgan fingerprint density at radius 2 is 1.82 bits per heavy atom. The number of methoxy groups -OCH3 is 1. The van der Waals surface area contributed by atoms with Crippen LogP contribution < -0.4 is 14.4 Å². The fourth-order valence-electron chi connectivity index (χ4n) is 3.63. The molecule has 2 amide bonds. The van der Waals surface area contributed by atoms with Gasteiger partial charge in [0.25, 0.3) is 0 Å². The Balaban J connectivity index is 2.42. The van der Waals surface area contributed by atoms with Crippen molar-refractivity contribution in [3.63, 3.8) is 0 Å². The Bertz CT molecular complexity index is 1120. The molecule has 0 radical (unpaired) electrons. The van der Waals surface area contributed by atoms with Crippen LogP contribution in [0.15, 0.2) is 42.5 Å². The molecule has 34 heavy (non-hydrogen) atoms. The highest BCUT2D eigenvalue weighted by atomic mass is 32.2. The predicted octanol–water partition coefficient (Wildman–Crippen LogP) is 3.02. The van der Waals surface area contributed by atoms with E-state index in [4.69, 9.17) is 4.74 Å². The van der Waals surface area contributed by atoms with E-state index in [1.54, 1.807) is 51.3 Å². The molecule has 0 bridgehead atoms. The van der Waals surface area contributed by atoms with Crippen molar-refractivity contribution in [3.8, 4) is 5.75 Å². The number of aryl methyl sites for hydroxylation is 2. The highest BCUT2D eigenvalue weighted by Crippen LogP contribution is 2.24. The molecule has 0 aliphatic carbocycles. The maximum atomic E-state index is 13.5. The summed E-state index contributed by atoms with van der Waals surface area (Å²) in [5.74, 6) is -0.149. The van der Waals surface area contributed by atoms with Crippen LogP contribution in [0.4, 0.5) is 5.69 Å². The van der Waals surface area contributed by atoms with Crippen molar-refractivity contribution in [3.05, 3.63) is 59.2 Å². The summed E-state index contributed by atoms with van der Waals surface area (Å²) in [4.78, 5) is 27.7. The number of carbonyl (C=O) groups is 2. The molecule has 0 aliphatic heterocycles. The molecule has 2 aromatic carbocycles. The maximum Gasteiger partial charge on any atom is 0.244 e. The van der Waals surface area contributed by atoms with Crippen LogP contribution in [0, 0.1) is 13.8 Å². The zero-order valence-electron chi connectivity index (χ0n) is 20.8. The van der Waals surface area contributed by atoms with Crippen LogP contribution in [0.2, 0.25) is 0 Å². The second kappa shape index (κ2) is 11.9. The van der Waals surface area contributed by atoms with E-state index in [0.717, 1.165) is 33.7 Å². The Kier molecular flexibility index (Phi) is 9.49. The highest BCUT2D eigenvalue weighted by Gasteiger charge is 2.30. The average molecular weight is 490 g/mol. The fraction of sp³-hybridized carbons (Fsp3) is 0.440. The van der Waals surface area contributed by atoms with Crippen LogP contribution in [-0.2, 0) is 26.2 Å². The molecule has 0 fully saturated rings. The number of hydrogen-bond donors (Lipinski definition) is 1. The summed E-state index contributed by atoms with van der Waals surface area (Å²) in [7, 11) is -2.21. The Hall–Kier alpha value is -3.07. The second-order valence-electron chi connectivity index (χ2n) is 8.40. The minimum absolute atomic E-state index is 0.126. The van der Waals surface area contributed by atoms with Crippen molar-refractivity contribution < 1.29 is 22.7 Å². The molecular weight excluding hydrogens is 454 g/mol. The quantitative estimate of drug-likeness (QED) is 0.523. The molecular formula is C25H35N3O5S. The lowest BCUT2D eigenvalue weighted by molar-refractivity contribution is -0.139. The van der Waals surface area contributed by atoms with Crippen LogP contribution in [0.1, 0.15) is 37.0 Å². The monoisotopic (exact) mass is 489 g/mol. The zero-order valence-corrected chi connectivity index (χ0v) is 21.6. The van der Waals surface area contributed by atoms with Gasteiger partial charge in [-0.05, 0) is 56.5 Å². The van der Waals surface area contributed by atoms with Gasteiger partial charge < -0.3 is 15.0 Å². The molecule has 2 rings (SSSR count). The predicted molar refractivity (Wildman–Crippen MR) is 134 cm³/mol. The molecule has 2 aromatic rings. The van der Waals surface area contributed by atoms with Gasteiger partial charge in [-0.1, -0.05) is 36.8 Å². The van der Waals surface area contributed by atoms with Crippen LogP contribution >= 0.6 is 0 Å². The van der Waals surface area contributed by atoms with E-state index in [1.165, 1.54) is 4.90 Å². The maximum absolute atomic E-state index is 13.5. The molecule has 0 heterocycles. The van der Waals surface area contributed by atoms with E-state index in [9.17, 15) is 18.0 Å². The highest BCUT2D eigenvalue weighted by molar-refractivity contribution is 7.92. The summed E-state index contributed by atoms with van der Waals surface area (Å²) < 4.78 is 31.7. The van der Waals surface area contributed by atoms with Crippen molar-refractivity contribution in [2.24, 2.45) is 0 Å². The third-order valence-corrected chi connectivity index (χ3v) is 6.63. The van der Waals surface area contributed by atoms with E-state index in [-0.39, 0.29) is 12.5 Å². The smallest absolute Gasteiger partial charge is 0.244 e. The lowest BCUT2D eigenvalue weighted by atomic mass is 10.1. The lowest BCUT2D eigenvalue weighted by Gasteiger charge is -2.32. The summed E-state index contributed by atoms with van der Waals surface area (Å²) in [6, 6.07) is 11.8. The number of anilines is 1. The lowest BCUT2D eigenvalue weighted by Crippen LogP contribution is -2.51. The van der Waals surface area contributed by atoms with Gasteiger partial charge in [-0.25, -0.2) is 8.42 Å². The number of amides is 2. The summed E-state index contributed by atoms with van der Waals surface area (Å²) >= 11 is 0. The van der Waals surface area contributed by atoms with Gasteiger partial charge >= 0.3 is 0 Å². The van der Waals surface area contributed by atoms with E-state index in [0.29, 0.717) is 18.0 Å². The first kappa shape index (κ1) is 27.2. The second-order valence-corrected chi connectivity index (χ2v) is 10.3. The van der Waals surface area contributed by atoms with Crippen LogP contribution in [0.3, 0.4) is 0 Å². The molecule has 0 saturated heterocycles. The van der Waals surface area contributed by atoms with Crippen LogP contribution in [-0.4, -0.2) is 57.6 Å². The van der Waals surface area contributed by atoms with Gasteiger partial charge in [-0.3, -0.25) is 13.9 Å². The number of nitrogens with one attached hydrogen (secondary N) is 1. The molecule has 1 atom stereocenters. The van der Waals surface area contributed by atoms with Crippen molar-refractivity contribution >= 4 is 27.5 Å². The van der Waals surface area contributed by atoms with Gasteiger partial charge in [0.05, 0.1) is 19.1 Å². The molecule has 0 aliphatic rings. The summed E-state index contributed by atoms with van der Waals surface area (Å²) in [6.07, 6.45) is 1.83. The van der Waals surface area contributed by atoms with Gasteiger partial charge in [-0.15, -0.1) is 0 Å². The molecule has 8 nitrogen and oxygen atoms in total. The summed E-state index contributed by atoms with van der Waals surface area (Å²) in [6.45, 7) is 7.50.